The summed E-state index contributed by atoms with van der Waals surface area (Å²) in [4.78, 5) is 15.2. The summed E-state index contributed by atoms with van der Waals surface area (Å²) in [6.45, 7) is 1.41. The quantitative estimate of drug-likeness (QED) is 0.782. The topological polar surface area (TPSA) is 67.2 Å². The Bertz CT molecular complexity index is 347. The fourth-order valence-corrected chi connectivity index (χ4v) is 3.15. The molecule has 88 valence electrons. The van der Waals surface area contributed by atoms with Crippen LogP contribution in [0.15, 0.2) is 18.7 Å². The van der Waals surface area contributed by atoms with Gasteiger partial charge >= 0.3 is 5.97 Å². The third-order valence-corrected chi connectivity index (χ3v) is 4.01. The van der Waals surface area contributed by atoms with Crippen molar-refractivity contribution in [3.8, 4) is 0 Å². The van der Waals surface area contributed by atoms with E-state index in [1.165, 1.54) is 0 Å². The Labute approximate surface area is 98.2 Å². The van der Waals surface area contributed by atoms with E-state index in [-0.39, 0.29) is 0 Å². The van der Waals surface area contributed by atoms with Crippen molar-refractivity contribution >= 4 is 17.7 Å². The molecule has 0 radical (unpaired) electrons. The van der Waals surface area contributed by atoms with Crippen molar-refractivity contribution in [2.45, 2.75) is 18.5 Å². The Kier molecular flexibility index (Phi) is 3.50. The second kappa shape index (κ2) is 4.88. The molecule has 2 heterocycles. The number of carbonyl (C=O) groups is 1. The molecule has 0 spiro atoms. The van der Waals surface area contributed by atoms with Crippen molar-refractivity contribution in [1.82, 2.24) is 14.9 Å². The number of aliphatic carboxylic acids is 1. The van der Waals surface area contributed by atoms with Crippen molar-refractivity contribution < 1.29 is 9.90 Å². The largest absolute Gasteiger partial charge is 0.480 e. The van der Waals surface area contributed by atoms with E-state index in [1.807, 2.05) is 10.8 Å². The van der Waals surface area contributed by atoms with Gasteiger partial charge in [-0.3, -0.25) is 10.1 Å². The van der Waals surface area contributed by atoms with Gasteiger partial charge in [0.15, 0.2) is 0 Å². The molecule has 1 unspecified atom stereocenters. The number of carboxylic acids is 1. The number of thioether (sulfide) groups is 1. The van der Waals surface area contributed by atoms with Gasteiger partial charge in [0.1, 0.15) is 5.54 Å². The first-order valence-electron chi connectivity index (χ1n) is 5.25. The molecule has 6 heteroatoms. The first kappa shape index (κ1) is 11.5. The van der Waals surface area contributed by atoms with E-state index in [0.717, 1.165) is 12.3 Å². The van der Waals surface area contributed by atoms with Crippen LogP contribution in [0.5, 0.6) is 0 Å². The van der Waals surface area contributed by atoms with Gasteiger partial charge in [0.05, 0.1) is 6.33 Å². The van der Waals surface area contributed by atoms with Gasteiger partial charge in [0.2, 0.25) is 0 Å². The standard InChI is InChI=1S/C10H15N3O2S/c14-9(15)10(1-6-16-7-10)12-3-5-13-4-2-11-8-13/h2,4,8,12H,1,3,5-7H2,(H,14,15). The number of nitrogens with zero attached hydrogens (tertiary/aromatic N) is 2. The molecule has 0 aliphatic carbocycles. The third kappa shape index (κ3) is 2.38. The second-order valence-electron chi connectivity index (χ2n) is 3.92. The number of carboxylic acid groups (broad SMARTS) is 1. The van der Waals surface area contributed by atoms with E-state index in [9.17, 15) is 9.90 Å². The van der Waals surface area contributed by atoms with Crippen LogP contribution in [0.2, 0.25) is 0 Å². The fourth-order valence-electron chi connectivity index (χ4n) is 1.79. The summed E-state index contributed by atoms with van der Waals surface area (Å²) >= 11 is 1.69. The van der Waals surface area contributed by atoms with Crippen molar-refractivity contribution in [3.63, 3.8) is 0 Å². The molecular formula is C10H15N3O2S. The molecule has 2 rings (SSSR count). The molecule has 1 aromatic heterocycles. The van der Waals surface area contributed by atoms with Crippen LogP contribution in [0.25, 0.3) is 0 Å². The van der Waals surface area contributed by atoms with Crippen LogP contribution in [0, 0.1) is 0 Å². The summed E-state index contributed by atoms with van der Waals surface area (Å²) < 4.78 is 1.94. The lowest BCUT2D eigenvalue weighted by Crippen LogP contribution is -2.53. The van der Waals surface area contributed by atoms with Gasteiger partial charge in [-0.25, -0.2) is 4.98 Å². The molecule has 0 aromatic carbocycles. The van der Waals surface area contributed by atoms with E-state index in [0.29, 0.717) is 18.7 Å². The van der Waals surface area contributed by atoms with Gasteiger partial charge < -0.3 is 9.67 Å². The minimum atomic E-state index is -0.733. The molecule has 1 aliphatic heterocycles. The highest BCUT2D eigenvalue weighted by atomic mass is 32.2. The molecule has 0 bridgehead atoms. The van der Waals surface area contributed by atoms with Crippen molar-refractivity contribution in [1.29, 1.82) is 0 Å². The Morgan fingerprint density at radius 3 is 3.12 bits per heavy atom. The maximum Gasteiger partial charge on any atom is 0.324 e. The molecule has 1 fully saturated rings. The van der Waals surface area contributed by atoms with Gasteiger partial charge in [-0.15, -0.1) is 0 Å². The zero-order valence-electron chi connectivity index (χ0n) is 8.93. The Morgan fingerprint density at radius 2 is 2.56 bits per heavy atom. The van der Waals surface area contributed by atoms with Crippen LogP contribution in [-0.4, -0.2) is 44.2 Å². The fraction of sp³-hybridized carbons (Fsp3) is 0.600. The van der Waals surface area contributed by atoms with Gasteiger partial charge in [-0.05, 0) is 12.2 Å². The second-order valence-corrected chi connectivity index (χ2v) is 5.02. The minimum Gasteiger partial charge on any atom is -0.480 e. The zero-order chi connectivity index (χ0) is 11.4. The number of imidazole rings is 1. The number of hydrogen-bond donors (Lipinski definition) is 2. The monoisotopic (exact) mass is 241 g/mol. The maximum atomic E-state index is 11.2. The SMILES string of the molecule is O=C(O)C1(NCCn2ccnc2)CCSC1. The van der Waals surface area contributed by atoms with E-state index < -0.39 is 11.5 Å². The lowest BCUT2D eigenvalue weighted by atomic mass is 9.99. The molecular weight excluding hydrogens is 226 g/mol. The van der Waals surface area contributed by atoms with Crippen molar-refractivity contribution in [3.05, 3.63) is 18.7 Å². The first-order chi connectivity index (χ1) is 7.73. The van der Waals surface area contributed by atoms with E-state index in [4.69, 9.17) is 0 Å². The summed E-state index contributed by atoms with van der Waals surface area (Å²) in [7, 11) is 0. The Hall–Kier alpha value is -1.01. The van der Waals surface area contributed by atoms with Crippen molar-refractivity contribution in [2.75, 3.05) is 18.1 Å². The zero-order valence-corrected chi connectivity index (χ0v) is 9.74. The summed E-state index contributed by atoms with van der Waals surface area (Å²) in [6.07, 6.45) is 6.03. The highest BCUT2D eigenvalue weighted by Gasteiger charge is 2.41. The summed E-state index contributed by atoms with van der Waals surface area (Å²) in [5, 5.41) is 12.4. The lowest BCUT2D eigenvalue weighted by Gasteiger charge is -2.24. The van der Waals surface area contributed by atoms with Crippen LogP contribution >= 0.6 is 11.8 Å². The molecule has 1 aliphatic rings. The van der Waals surface area contributed by atoms with E-state index >= 15 is 0 Å². The number of hydrogen-bond acceptors (Lipinski definition) is 4. The first-order valence-corrected chi connectivity index (χ1v) is 6.40. The molecule has 0 amide bonds. The van der Waals surface area contributed by atoms with Gasteiger partial charge in [0.25, 0.3) is 0 Å². The maximum absolute atomic E-state index is 11.2. The normalized spacial score (nSPS) is 24.8. The third-order valence-electron chi connectivity index (χ3n) is 2.82. The predicted octanol–water partition coefficient (Wildman–Crippen LogP) is 0.433. The van der Waals surface area contributed by atoms with Crippen LogP contribution in [0.4, 0.5) is 0 Å². The van der Waals surface area contributed by atoms with Gasteiger partial charge in [-0.1, -0.05) is 0 Å². The highest BCUT2D eigenvalue weighted by molar-refractivity contribution is 7.99. The van der Waals surface area contributed by atoms with Gasteiger partial charge in [0, 0.05) is 31.2 Å². The summed E-state index contributed by atoms with van der Waals surface area (Å²) in [5.41, 5.74) is -0.717. The average Bonchev–Trinajstić information content (AvgIpc) is 2.88. The molecule has 5 nitrogen and oxygen atoms in total. The van der Waals surface area contributed by atoms with Crippen LogP contribution in [0.3, 0.4) is 0 Å². The predicted molar refractivity (Wildman–Crippen MR) is 62.5 cm³/mol. The molecule has 1 atom stereocenters. The average molecular weight is 241 g/mol. The summed E-state index contributed by atoms with van der Waals surface area (Å²) in [5.74, 6) is 0.847. The molecule has 2 N–H and O–H groups in total. The van der Waals surface area contributed by atoms with Gasteiger partial charge in [-0.2, -0.15) is 11.8 Å². The number of aromatic nitrogens is 2. The minimum absolute atomic E-state index is 0.656. The van der Waals surface area contributed by atoms with E-state index in [2.05, 4.69) is 10.3 Å². The smallest absolute Gasteiger partial charge is 0.324 e. The summed E-state index contributed by atoms with van der Waals surface area (Å²) in [6, 6.07) is 0. The molecule has 1 saturated heterocycles. The number of rotatable bonds is 5. The number of nitrogens with one attached hydrogen (secondary N) is 1. The van der Waals surface area contributed by atoms with E-state index in [1.54, 1.807) is 24.3 Å². The Balaban J connectivity index is 1.85. The molecule has 1 aromatic rings. The Morgan fingerprint density at radius 1 is 1.69 bits per heavy atom. The molecule has 16 heavy (non-hydrogen) atoms. The van der Waals surface area contributed by atoms with Crippen LogP contribution in [0.1, 0.15) is 6.42 Å². The van der Waals surface area contributed by atoms with Crippen LogP contribution in [-0.2, 0) is 11.3 Å². The van der Waals surface area contributed by atoms with Crippen molar-refractivity contribution in [2.24, 2.45) is 0 Å². The molecule has 0 saturated carbocycles. The van der Waals surface area contributed by atoms with Crippen LogP contribution < -0.4 is 5.32 Å². The lowest BCUT2D eigenvalue weighted by molar-refractivity contribution is -0.143. The highest BCUT2D eigenvalue weighted by Crippen LogP contribution is 2.28.